The van der Waals surface area contributed by atoms with Crippen molar-refractivity contribution < 1.29 is 17.6 Å². The number of halogens is 3. The topological polar surface area (TPSA) is 93.4 Å². The number of rotatable bonds is 6. The summed E-state index contributed by atoms with van der Waals surface area (Å²) in [4.78, 5) is 28.0. The first-order valence-electron chi connectivity index (χ1n) is 12.9. The number of sulfonamides is 1. The lowest BCUT2D eigenvalue weighted by molar-refractivity contribution is 0.0707. The van der Waals surface area contributed by atoms with Gasteiger partial charge in [-0.3, -0.25) is 19.0 Å². The number of likely N-dealkylation sites (tertiary alicyclic amines) is 1. The molecule has 1 atom stereocenters. The van der Waals surface area contributed by atoms with Crippen LogP contribution in [0.2, 0.25) is 10.0 Å². The molecular formula is C29H27Cl2FN4O4S. The number of nitrogens with zero attached hydrogens (tertiary/aromatic N) is 3. The number of piperidine rings is 1. The Hall–Kier alpha value is -3.60. The average Bonchev–Trinajstić information content (AvgIpc) is 3.16. The summed E-state index contributed by atoms with van der Waals surface area (Å²) in [5.41, 5.74) is 1.02. The normalized spacial score (nSPS) is 15.6. The Morgan fingerprint density at radius 1 is 1.05 bits per heavy atom. The fourth-order valence-corrected chi connectivity index (χ4v) is 7.07. The van der Waals surface area contributed by atoms with Crippen LogP contribution in [0.1, 0.15) is 40.4 Å². The van der Waals surface area contributed by atoms with Crippen LogP contribution in [0.5, 0.6) is 0 Å². The van der Waals surface area contributed by atoms with Gasteiger partial charge in [-0.05, 0) is 61.7 Å². The Morgan fingerprint density at radius 2 is 1.78 bits per heavy atom. The van der Waals surface area contributed by atoms with E-state index in [4.69, 9.17) is 23.2 Å². The third-order valence-electron chi connectivity index (χ3n) is 7.35. The third kappa shape index (κ3) is 5.64. The van der Waals surface area contributed by atoms with E-state index in [0.29, 0.717) is 30.9 Å². The van der Waals surface area contributed by atoms with E-state index in [1.54, 1.807) is 55.3 Å². The minimum absolute atomic E-state index is 0.0335. The number of carbonyl (C=O) groups excluding carboxylic acids is 1. The highest BCUT2D eigenvalue weighted by atomic mass is 35.5. The predicted octanol–water partition coefficient (Wildman–Crippen LogP) is 5.75. The second-order valence-corrected chi connectivity index (χ2v) is 12.4. The molecule has 1 aromatic heterocycles. The van der Waals surface area contributed by atoms with Crippen LogP contribution in [-0.2, 0) is 17.1 Å². The molecule has 0 aliphatic carbocycles. The summed E-state index contributed by atoms with van der Waals surface area (Å²) in [6, 6.07) is 17.6. The van der Waals surface area contributed by atoms with Crippen molar-refractivity contribution in [3.8, 4) is 5.69 Å². The zero-order valence-electron chi connectivity index (χ0n) is 22.3. The first kappa shape index (κ1) is 28.9. The summed E-state index contributed by atoms with van der Waals surface area (Å²) in [6.07, 6.45) is 1.48. The van der Waals surface area contributed by atoms with Gasteiger partial charge in [0.1, 0.15) is 16.4 Å². The molecule has 8 nitrogen and oxygen atoms in total. The number of anilines is 1. The highest BCUT2D eigenvalue weighted by Crippen LogP contribution is 2.34. The van der Waals surface area contributed by atoms with Crippen molar-refractivity contribution in [1.29, 1.82) is 0 Å². The molecule has 4 aromatic rings. The summed E-state index contributed by atoms with van der Waals surface area (Å²) < 4.78 is 46.2. The predicted molar refractivity (Wildman–Crippen MR) is 157 cm³/mol. The van der Waals surface area contributed by atoms with Crippen LogP contribution >= 0.6 is 23.2 Å². The van der Waals surface area contributed by atoms with E-state index in [9.17, 15) is 22.4 Å². The lowest BCUT2D eigenvalue weighted by Gasteiger charge is -2.33. The molecule has 5 rings (SSSR count). The van der Waals surface area contributed by atoms with Crippen LogP contribution in [0, 0.1) is 12.7 Å². The summed E-state index contributed by atoms with van der Waals surface area (Å²) >= 11 is 12.7. The Bertz CT molecular complexity index is 1810. The molecule has 12 heteroatoms. The zero-order chi connectivity index (χ0) is 29.5. The molecule has 1 saturated heterocycles. The van der Waals surface area contributed by atoms with Crippen molar-refractivity contribution in [3.63, 3.8) is 0 Å². The van der Waals surface area contributed by atoms with Gasteiger partial charge in [0.2, 0.25) is 0 Å². The number of aromatic nitrogens is 2. The summed E-state index contributed by atoms with van der Waals surface area (Å²) in [5.74, 6) is -0.839. The molecule has 2 heterocycles. The second-order valence-electron chi connectivity index (χ2n) is 9.96. The third-order valence-corrected chi connectivity index (χ3v) is 9.64. The summed E-state index contributed by atoms with van der Waals surface area (Å²) in [5, 5.41) is -0.396. The van der Waals surface area contributed by atoms with Gasteiger partial charge in [0.25, 0.3) is 21.5 Å². The van der Waals surface area contributed by atoms with Crippen molar-refractivity contribution >= 4 is 44.8 Å². The van der Waals surface area contributed by atoms with Gasteiger partial charge in [-0.25, -0.2) is 17.5 Å². The van der Waals surface area contributed by atoms with Gasteiger partial charge >= 0.3 is 0 Å². The Balaban J connectivity index is 1.46. The maximum atomic E-state index is 13.8. The molecule has 41 heavy (non-hydrogen) atoms. The van der Waals surface area contributed by atoms with E-state index in [2.05, 4.69) is 4.72 Å². The van der Waals surface area contributed by atoms with E-state index in [0.717, 1.165) is 12.0 Å². The number of para-hydroxylation sites is 1. The Labute approximate surface area is 246 Å². The van der Waals surface area contributed by atoms with Gasteiger partial charge in [-0.15, -0.1) is 0 Å². The summed E-state index contributed by atoms with van der Waals surface area (Å²) in [6.45, 7) is 2.40. The highest BCUT2D eigenvalue weighted by Gasteiger charge is 2.30. The molecule has 0 radical (unpaired) electrons. The van der Waals surface area contributed by atoms with E-state index < -0.39 is 26.4 Å². The Kier molecular flexibility index (Phi) is 8.00. The molecule has 3 aromatic carbocycles. The Morgan fingerprint density at radius 3 is 2.49 bits per heavy atom. The van der Waals surface area contributed by atoms with Gasteiger partial charge < -0.3 is 4.90 Å². The van der Waals surface area contributed by atoms with Gasteiger partial charge in [0.05, 0.1) is 21.4 Å². The van der Waals surface area contributed by atoms with E-state index in [1.807, 2.05) is 6.07 Å². The van der Waals surface area contributed by atoms with Crippen molar-refractivity contribution in [3.05, 3.63) is 110 Å². The number of hydrogen-bond acceptors (Lipinski definition) is 4. The molecular weight excluding hydrogens is 590 g/mol. The van der Waals surface area contributed by atoms with E-state index in [-0.39, 0.29) is 33.0 Å². The monoisotopic (exact) mass is 616 g/mol. The van der Waals surface area contributed by atoms with Gasteiger partial charge in [-0.1, -0.05) is 53.5 Å². The number of nitrogens with one attached hydrogen (secondary N) is 1. The van der Waals surface area contributed by atoms with Crippen molar-refractivity contribution in [2.45, 2.75) is 30.6 Å². The van der Waals surface area contributed by atoms with Crippen LogP contribution in [0.3, 0.4) is 0 Å². The van der Waals surface area contributed by atoms with E-state index in [1.165, 1.54) is 33.6 Å². The summed E-state index contributed by atoms with van der Waals surface area (Å²) in [7, 11) is -2.81. The van der Waals surface area contributed by atoms with Crippen molar-refractivity contribution in [2.24, 2.45) is 7.05 Å². The van der Waals surface area contributed by atoms with Crippen LogP contribution in [0.15, 0.2) is 76.4 Å². The second kappa shape index (κ2) is 11.3. The fourth-order valence-electron chi connectivity index (χ4n) is 5.13. The number of benzene rings is 3. The van der Waals surface area contributed by atoms with Crippen LogP contribution in [0.25, 0.3) is 5.69 Å². The number of carbonyl (C=O) groups is 1. The first-order chi connectivity index (χ1) is 19.5. The lowest BCUT2D eigenvalue weighted by atomic mass is 9.90. The molecule has 1 fully saturated rings. The first-order valence-corrected chi connectivity index (χ1v) is 15.1. The lowest BCUT2D eigenvalue weighted by Crippen LogP contribution is -2.39. The SMILES string of the molecule is Cc1c(NS(=O)(=O)c2cc(C(=O)N3CCCC(c4cccc(F)c4)C3)cc(Cl)c2Cl)c(=O)n(-c2ccccc2)n1C. The van der Waals surface area contributed by atoms with Gasteiger partial charge in [-0.2, -0.15) is 0 Å². The number of amides is 1. The number of hydrogen-bond donors (Lipinski definition) is 1. The smallest absolute Gasteiger partial charge is 0.296 e. The minimum atomic E-state index is -4.45. The molecule has 214 valence electrons. The maximum Gasteiger partial charge on any atom is 0.296 e. The molecule has 0 saturated carbocycles. The standard InChI is InChI=1S/C29H27Cl2FN4O4S/c1-18-27(29(38)36(34(18)2)23-11-4-3-5-12-23)33-41(39,40)25-16-21(15-24(30)26(25)31)28(37)35-13-7-9-20(17-35)19-8-6-10-22(32)14-19/h3-6,8,10-12,14-16,20,33H,7,9,13,17H2,1-2H3. The zero-order valence-corrected chi connectivity index (χ0v) is 24.6. The molecule has 1 aliphatic heterocycles. The largest absolute Gasteiger partial charge is 0.338 e. The van der Waals surface area contributed by atoms with Gasteiger partial charge in [0.15, 0.2) is 0 Å². The maximum absolute atomic E-state index is 13.8. The quantitative estimate of drug-likeness (QED) is 0.298. The van der Waals surface area contributed by atoms with E-state index >= 15 is 0 Å². The molecule has 1 N–H and O–H groups in total. The van der Waals surface area contributed by atoms with Crippen LogP contribution in [0.4, 0.5) is 10.1 Å². The van der Waals surface area contributed by atoms with Crippen LogP contribution < -0.4 is 10.3 Å². The molecule has 1 aliphatic rings. The van der Waals surface area contributed by atoms with Crippen LogP contribution in [-0.4, -0.2) is 41.7 Å². The molecule has 0 bridgehead atoms. The average molecular weight is 618 g/mol. The molecule has 0 spiro atoms. The molecule has 1 unspecified atom stereocenters. The minimum Gasteiger partial charge on any atom is -0.338 e. The molecule has 1 amide bonds. The van der Waals surface area contributed by atoms with Gasteiger partial charge in [0, 0.05) is 31.6 Å². The van der Waals surface area contributed by atoms with Crippen molar-refractivity contribution in [2.75, 3.05) is 17.8 Å². The van der Waals surface area contributed by atoms with Crippen molar-refractivity contribution in [1.82, 2.24) is 14.3 Å². The fraction of sp³-hybridized carbons (Fsp3) is 0.241. The highest BCUT2D eigenvalue weighted by molar-refractivity contribution is 7.92.